The van der Waals surface area contributed by atoms with E-state index in [9.17, 15) is 9.90 Å². The van der Waals surface area contributed by atoms with E-state index in [1.807, 2.05) is 6.07 Å². The molecule has 0 bridgehead atoms. The number of benzene rings is 1. The highest BCUT2D eigenvalue weighted by Gasteiger charge is 2.22. The molecular formula is C12H15NO3. The molecule has 1 aliphatic rings. The number of amides is 1. The number of rotatable bonds is 3. The van der Waals surface area contributed by atoms with Crippen LogP contribution in [0.1, 0.15) is 18.1 Å². The van der Waals surface area contributed by atoms with E-state index in [2.05, 4.69) is 5.32 Å². The van der Waals surface area contributed by atoms with Gasteiger partial charge in [-0.3, -0.25) is 4.79 Å². The van der Waals surface area contributed by atoms with Gasteiger partial charge >= 0.3 is 0 Å². The second-order valence-electron chi connectivity index (χ2n) is 3.88. The number of carbonyl (C=O) groups is 1. The van der Waals surface area contributed by atoms with Gasteiger partial charge < -0.3 is 15.2 Å². The van der Waals surface area contributed by atoms with Gasteiger partial charge in [-0.25, -0.2) is 0 Å². The van der Waals surface area contributed by atoms with Crippen molar-refractivity contribution < 1.29 is 14.6 Å². The van der Waals surface area contributed by atoms with Crippen LogP contribution in [0.25, 0.3) is 0 Å². The van der Waals surface area contributed by atoms with Crippen LogP contribution in [0.15, 0.2) is 30.3 Å². The molecule has 1 aromatic rings. The monoisotopic (exact) mass is 221 g/mol. The van der Waals surface area contributed by atoms with Crippen LogP contribution in [0, 0.1) is 0 Å². The van der Waals surface area contributed by atoms with Crippen LogP contribution in [-0.4, -0.2) is 30.3 Å². The number of hydrogen-bond acceptors (Lipinski definition) is 3. The molecule has 16 heavy (non-hydrogen) atoms. The Labute approximate surface area is 94.2 Å². The normalized spacial score (nSPS) is 21.7. The maximum Gasteiger partial charge on any atom is 0.253 e. The van der Waals surface area contributed by atoms with E-state index < -0.39 is 6.10 Å². The van der Waals surface area contributed by atoms with Crippen molar-refractivity contribution in [3.8, 4) is 0 Å². The lowest BCUT2D eigenvalue weighted by atomic mass is 10.1. The predicted molar refractivity (Wildman–Crippen MR) is 58.8 cm³/mol. The van der Waals surface area contributed by atoms with Gasteiger partial charge in [0.1, 0.15) is 0 Å². The van der Waals surface area contributed by atoms with E-state index in [-0.39, 0.29) is 11.9 Å². The van der Waals surface area contributed by atoms with Crippen LogP contribution in [-0.2, 0) is 9.53 Å². The smallest absolute Gasteiger partial charge is 0.253 e. The number of nitrogens with one attached hydrogen (secondary N) is 1. The summed E-state index contributed by atoms with van der Waals surface area (Å²) < 4.78 is 5.15. The number of aliphatic hydroxyl groups is 1. The lowest BCUT2D eigenvalue weighted by molar-refractivity contribution is -0.130. The third-order valence-corrected chi connectivity index (χ3v) is 2.64. The Bertz CT molecular complexity index is 347. The third-order valence-electron chi connectivity index (χ3n) is 2.64. The first-order chi connectivity index (χ1) is 7.77. The maximum absolute atomic E-state index is 11.7. The van der Waals surface area contributed by atoms with Gasteiger partial charge in [-0.2, -0.15) is 0 Å². The van der Waals surface area contributed by atoms with E-state index in [4.69, 9.17) is 4.74 Å². The molecule has 1 aliphatic heterocycles. The molecule has 0 saturated carbocycles. The lowest BCUT2D eigenvalue weighted by Gasteiger charge is -2.15. The number of hydrogen-bond donors (Lipinski definition) is 2. The Balaban J connectivity index is 1.94. The Morgan fingerprint density at radius 1 is 1.44 bits per heavy atom. The molecule has 1 fully saturated rings. The summed E-state index contributed by atoms with van der Waals surface area (Å²) in [6.45, 7) is 1.21. The number of aliphatic hydroxyl groups excluding tert-OH is 1. The Kier molecular flexibility index (Phi) is 3.54. The van der Waals surface area contributed by atoms with Crippen molar-refractivity contribution in [1.82, 2.24) is 5.32 Å². The fourth-order valence-corrected chi connectivity index (χ4v) is 1.72. The Hall–Kier alpha value is -1.39. The summed E-state index contributed by atoms with van der Waals surface area (Å²) in [7, 11) is 0. The molecule has 1 aromatic carbocycles. The number of carbonyl (C=O) groups excluding carboxylic acids is 1. The lowest BCUT2D eigenvalue weighted by Crippen LogP contribution is -2.38. The first-order valence-electron chi connectivity index (χ1n) is 5.38. The van der Waals surface area contributed by atoms with Gasteiger partial charge in [0, 0.05) is 6.61 Å². The quantitative estimate of drug-likeness (QED) is 0.787. The molecule has 1 saturated heterocycles. The standard InChI is InChI=1S/C12H15NO3/c14-11(9-4-2-1-3-5-9)12(15)13-10-6-7-16-8-10/h1-5,10-11,14H,6-8H2,(H,13,15)/t10?,11-/m0/s1. The minimum absolute atomic E-state index is 0.0332. The fourth-order valence-electron chi connectivity index (χ4n) is 1.72. The molecule has 0 spiro atoms. The zero-order valence-corrected chi connectivity index (χ0v) is 8.93. The van der Waals surface area contributed by atoms with Crippen molar-refractivity contribution in [2.45, 2.75) is 18.6 Å². The molecule has 0 radical (unpaired) electrons. The average molecular weight is 221 g/mol. The van der Waals surface area contributed by atoms with Crippen molar-refractivity contribution in [1.29, 1.82) is 0 Å². The maximum atomic E-state index is 11.7. The van der Waals surface area contributed by atoms with E-state index >= 15 is 0 Å². The largest absolute Gasteiger partial charge is 0.379 e. The summed E-state index contributed by atoms with van der Waals surface area (Å²) in [6, 6.07) is 8.93. The zero-order valence-electron chi connectivity index (χ0n) is 8.93. The minimum Gasteiger partial charge on any atom is -0.379 e. The molecule has 2 atom stereocenters. The summed E-state index contributed by atoms with van der Waals surface area (Å²) in [6.07, 6.45) is -0.283. The van der Waals surface area contributed by atoms with Crippen LogP contribution in [0.5, 0.6) is 0 Å². The van der Waals surface area contributed by atoms with Gasteiger partial charge in [0.2, 0.25) is 0 Å². The summed E-state index contributed by atoms with van der Waals surface area (Å²) >= 11 is 0. The van der Waals surface area contributed by atoms with Crippen LogP contribution < -0.4 is 5.32 Å². The summed E-state index contributed by atoms with van der Waals surface area (Å²) in [5.41, 5.74) is 0.610. The minimum atomic E-state index is -1.10. The van der Waals surface area contributed by atoms with Crippen LogP contribution in [0.3, 0.4) is 0 Å². The van der Waals surface area contributed by atoms with Crippen molar-refractivity contribution in [2.24, 2.45) is 0 Å². The fraction of sp³-hybridized carbons (Fsp3) is 0.417. The van der Waals surface area contributed by atoms with Gasteiger partial charge in [-0.1, -0.05) is 30.3 Å². The second kappa shape index (κ2) is 5.09. The highest BCUT2D eigenvalue weighted by atomic mass is 16.5. The van der Waals surface area contributed by atoms with E-state index in [0.717, 1.165) is 6.42 Å². The SMILES string of the molecule is O=C(NC1CCOC1)[C@@H](O)c1ccccc1. The van der Waals surface area contributed by atoms with Crippen LogP contribution in [0.4, 0.5) is 0 Å². The molecule has 1 amide bonds. The molecule has 0 aliphatic carbocycles. The molecule has 86 valence electrons. The second-order valence-corrected chi connectivity index (χ2v) is 3.88. The van der Waals surface area contributed by atoms with Crippen LogP contribution >= 0.6 is 0 Å². The molecule has 4 nitrogen and oxygen atoms in total. The van der Waals surface area contributed by atoms with Gasteiger partial charge in [0.05, 0.1) is 12.6 Å². The van der Waals surface area contributed by atoms with Gasteiger partial charge in [0.15, 0.2) is 6.10 Å². The average Bonchev–Trinajstić information content (AvgIpc) is 2.82. The van der Waals surface area contributed by atoms with Crippen LogP contribution in [0.2, 0.25) is 0 Å². The van der Waals surface area contributed by atoms with Gasteiger partial charge in [-0.05, 0) is 12.0 Å². The zero-order chi connectivity index (χ0) is 11.4. The third kappa shape index (κ3) is 2.59. The first-order valence-corrected chi connectivity index (χ1v) is 5.38. The summed E-state index contributed by atoms with van der Waals surface area (Å²) in [4.78, 5) is 11.7. The highest BCUT2D eigenvalue weighted by Crippen LogP contribution is 2.13. The summed E-state index contributed by atoms with van der Waals surface area (Å²) in [5, 5.41) is 12.6. The van der Waals surface area contributed by atoms with Crippen molar-refractivity contribution in [3.63, 3.8) is 0 Å². The molecule has 0 aromatic heterocycles. The molecule has 4 heteroatoms. The first kappa shape index (κ1) is 11.1. The molecule has 1 heterocycles. The molecule has 1 unspecified atom stereocenters. The van der Waals surface area contributed by atoms with E-state index in [1.54, 1.807) is 24.3 Å². The Morgan fingerprint density at radius 2 is 2.19 bits per heavy atom. The predicted octanol–water partition coefficient (Wildman–Crippen LogP) is 0.625. The Morgan fingerprint density at radius 3 is 2.81 bits per heavy atom. The van der Waals surface area contributed by atoms with Crippen molar-refractivity contribution >= 4 is 5.91 Å². The molecule has 2 N–H and O–H groups in total. The summed E-state index contributed by atoms with van der Waals surface area (Å²) in [5.74, 6) is -0.360. The van der Waals surface area contributed by atoms with E-state index in [1.165, 1.54) is 0 Å². The topological polar surface area (TPSA) is 58.6 Å². The van der Waals surface area contributed by atoms with Crippen molar-refractivity contribution in [2.75, 3.05) is 13.2 Å². The van der Waals surface area contributed by atoms with Gasteiger partial charge in [-0.15, -0.1) is 0 Å². The highest BCUT2D eigenvalue weighted by molar-refractivity contribution is 5.82. The number of ether oxygens (including phenoxy) is 1. The van der Waals surface area contributed by atoms with Gasteiger partial charge in [0.25, 0.3) is 5.91 Å². The van der Waals surface area contributed by atoms with Crippen molar-refractivity contribution in [3.05, 3.63) is 35.9 Å². The molecule has 2 rings (SSSR count). The van der Waals surface area contributed by atoms with E-state index in [0.29, 0.717) is 18.8 Å². The molecular weight excluding hydrogens is 206 g/mol.